The summed E-state index contributed by atoms with van der Waals surface area (Å²) in [4.78, 5) is 79.3. The number of pyridine rings is 1. The number of ether oxygens (including phenoxy) is 1. The number of hydrogen-bond donors (Lipinski definition) is 4. The van der Waals surface area contributed by atoms with Crippen molar-refractivity contribution in [2.45, 2.75) is 102 Å². The van der Waals surface area contributed by atoms with Crippen LogP contribution in [0.4, 0.5) is 19.7 Å². The van der Waals surface area contributed by atoms with Gasteiger partial charge in [-0.25, -0.2) is 24.5 Å². The molecule has 62 heavy (non-hydrogen) atoms. The van der Waals surface area contributed by atoms with E-state index in [1.807, 2.05) is 45.9 Å². The number of alkyl carbamates (subject to hydrolysis) is 1. The molecule has 4 N–H and O–H groups in total. The van der Waals surface area contributed by atoms with Gasteiger partial charge in [0, 0.05) is 38.1 Å². The van der Waals surface area contributed by atoms with Gasteiger partial charge in [-0.2, -0.15) is 4.39 Å². The van der Waals surface area contributed by atoms with Crippen LogP contribution in [0.25, 0.3) is 22.1 Å². The van der Waals surface area contributed by atoms with Crippen LogP contribution in [0.3, 0.4) is 0 Å². The molecule has 3 saturated heterocycles. The van der Waals surface area contributed by atoms with Crippen LogP contribution in [0.2, 0.25) is 0 Å². The van der Waals surface area contributed by atoms with Crippen LogP contribution >= 0.6 is 0 Å². The van der Waals surface area contributed by atoms with Gasteiger partial charge in [0.1, 0.15) is 23.7 Å². The number of nitrogens with zero attached hydrogens (tertiary/aromatic N) is 7. The first-order valence-electron chi connectivity index (χ1n) is 21.5. The maximum absolute atomic E-state index is 14.8. The molecule has 0 radical (unpaired) electrons. The zero-order valence-electron chi connectivity index (χ0n) is 36.0. The van der Waals surface area contributed by atoms with Crippen LogP contribution in [0.1, 0.15) is 113 Å². The molecule has 5 aromatic rings. The highest BCUT2D eigenvalue weighted by atomic mass is 19.1. The Morgan fingerprint density at radius 1 is 0.790 bits per heavy atom. The van der Waals surface area contributed by atoms with E-state index >= 15 is 0 Å². The van der Waals surface area contributed by atoms with Crippen molar-refractivity contribution in [3.63, 3.8) is 0 Å². The van der Waals surface area contributed by atoms with Crippen molar-refractivity contribution >= 4 is 51.8 Å². The number of carbonyl (C=O) groups excluding carboxylic acids is 3. The zero-order valence-corrected chi connectivity index (χ0v) is 36.0. The molecule has 3 aromatic heterocycles. The Kier molecular flexibility index (Phi) is 11.8. The lowest BCUT2D eigenvalue weighted by atomic mass is 10.0. The van der Waals surface area contributed by atoms with Crippen molar-refractivity contribution in [3.8, 4) is 0 Å². The van der Waals surface area contributed by atoms with E-state index in [4.69, 9.17) is 14.7 Å². The summed E-state index contributed by atoms with van der Waals surface area (Å²) in [6, 6.07) is 13.2. The Morgan fingerprint density at radius 2 is 1.34 bits per heavy atom. The van der Waals surface area contributed by atoms with Gasteiger partial charge < -0.3 is 39.8 Å². The minimum absolute atomic E-state index is 0.123. The largest absolute Gasteiger partial charge is 0.465 e. The van der Waals surface area contributed by atoms with Crippen molar-refractivity contribution in [3.05, 3.63) is 83.5 Å². The molecule has 0 unspecified atom stereocenters. The summed E-state index contributed by atoms with van der Waals surface area (Å²) in [6.45, 7) is 8.55. The van der Waals surface area contributed by atoms with E-state index in [0.717, 1.165) is 70.2 Å². The summed E-state index contributed by atoms with van der Waals surface area (Å²) in [5, 5.41) is 12.4. The first kappa shape index (κ1) is 42.4. The number of imidazole rings is 2. The number of carbonyl (C=O) groups is 4. The fourth-order valence-electron chi connectivity index (χ4n) is 9.90. The third kappa shape index (κ3) is 7.99. The SMILES string of the molecule is COC(=O)N[C@H](C(=O)N1CCC[C@H]1c1nc2ccc([C@H]3CC[C@H](c4ccc5nc([C@@H]6CCCN6C(=O)[C@H](C(C)C)N(C)C(=O)O)[nH]c5c4)N3c3ccnc(F)c3)cc2[nH]1)C(C)C. The number of carboxylic acid groups (broad SMARTS) is 1. The second-order valence-corrected chi connectivity index (χ2v) is 17.5. The summed E-state index contributed by atoms with van der Waals surface area (Å²) in [5.74, 6) is 0.0158. The molecule has 328 valence electrons. The van der Waals surface area contributed by atoms with E-state index in [9.17, 15) is 28.7 Å². The normalized spacial score (nSPS) is 21.3. The number of amides is 4. The standard InChI is InChI=1S/C45H55FN10O6/c1-24(2)38(52-44(59)62-6)42(57)54-19-7-9-35(54)40-48-29-13-11-26(21-31(29)50-40)33-15-16-34(56(33)28-17-18-47-37(46)23-28)27-12-14-30-32(22-27)51-41(49-30)36-10-8-20-55(36)43(58)39(25(3)4)53(5)45(60)61/h11-14,17-18,21-25,33-36,38-39H,7-10,15-16,19-20H2,1-6H3,(H,48,50)(H,49,51)(H,52,59)(H,60,61)/t33-,34-,35+,36+,38+,39+/m1/s1. The van der Waals surface area contributed by atoms with E-state index in [2.05, 4.69) is 49.4 Å². The van der Waals surface area contributed by atoms with Gasteiger partial charge >= 0.3 is 12.2 Å². The average Bonchev–Trinajstić information content (AvgIpc) is 4.10. The van der Waals surface area contributed by atoms with E-state index in [0.29, 0.717) is 36.8 Å². The van der Waals surface area contributed by atoms with Crippen molar-refractivity contribution in [1.82, 2.24) is 44.9 Å². The fraction of sp³-hybridized carbons (Fsp3) is 0.489. The quantitative estimate of drug-likeness (QED) is 0.0974. The number of aromatic nitrogens is 5. The van der Waals surface area contributed by atoms with Gasteiger partial charge in [-0.3, -0.25) is 14.5 Å². The molecule has 0 saturated carbocycles. The number of benzene rings is 2. The number of nitrogens with one attached hydrogen (secondary N) is 3. The lowest BCUT2D eigenvalue weighted by Gasteiger charge is -2.33. The highest BCUT2D eigenvalue weighted by Crippen LogP contribution is 2.48. The Hall–Kier alpha value is -6.26. The predicted octanol–water partition coefficient (Wildman–Crippen LogP) is 7.40. The van der Waals surface area contributed by atoms with Crippen molar-refractivity contribution in [2.24, 2.45) is 11.8 Å². The minimum Gasteiger partial charge on any atom is -0.465 e. The lowest BCUT2D eigenvalue weighted by molar-refractivity contribution is -0.138. The summed E-state index contributed by atoms with van der Waals surface area (Å²) >= 11 is 0. The minimum atomic E-state index is -1.15. The predicted molar refractivity (Wildman–Crippen MR) is 230 cm³/mol. The van der Waals surface area contributed by atoms with Gasteiger partial charge in [0.15, 0.2) is 0 Å². The van der Waals surface area contributed by atoms with Crippen molar-refractivity contribution < 1.29 is 33.4 Å². The third-order valence-electron chi connectivity index (χ3n) is 12.9. The number of anilines is 1. The maximum atomic E-state index is 14.8. The number of H-pyrrole nitrogens is 2. The molecule has 0 aliphatic carbocycles. The van der Waals surface area contributed by atoms with Crippen LogP contribution in [0.15, 0.2) is 54.7 Å². The second kappa shape index (κ2) is 17.2. The molecule has 0 spiro atoms. The maximum Gasteiger partial charge on any atom is 0.407 e. The lowest BCUT2D eigenvalue weighted by Crippen LogP contribution is -2.51. The Bertz CT molecular complexity index is 2490. The van der Waals surface area contributed by atoms with Gasteiger partial charge in [0.25, 0.3) is 0 Å². The number of hydrogen-bond acceptors (Lipinski definition) is 9. The number of methoxy groups -OCH3 is 1. The van der Waals surface area contributed by atoms with Crippen LogP contribution in [-0.4, -0.2) is 108 Å². The van der Waals surface area contributed by atoms with Crippen LogP contribution in [-0.2, 0) is 14.3 Å². The molecule has 0 bridgehead atoms. The molecule has 2 aromatic carbocycles. The molecule has 3 fully saturated rings. The van der Waals surface area contributed by atoms with Gasteiger partial charge in [0.2, 0.25) is 17.8 Å². The third-order valence-corrected chi connectivity index (χ3v) is 12.9. The van der Waals surface area contributed by atoms with Crippen LogP contribution in [0.5, 0.6) is 0 Å². The summed E-state index contributed by atoms with van der Waals surface area (Å²) in [5.41, 5.74) is 5.91. The fourth-order valence-corrected chi connectivity index (χ4v) is 9.90. The molecule has 8 rings (SSSR count). The number of aromatic amines is 2. The highest BCUT2D eigenvalue weighted by Gasteiger charge is 2.41. The Morgan fingerprint density at radius 3 is 1.82 bits per heavy atom. The van der Waals surface area contributed by atoms with E-state index in [1.54, 1.807) is 9.80 Å². The molecule has 3 aliphatic rings. The Balaban J connectivity index is 1.07. The second-order valence-electron chi connectivity index (χ2n) is 17.5. The molecule has 6 heterocycles. The van der Waals surface area contributed by atoms with E-state index < -0.39 is 30.2 Å². The molecular formula is C45H55FN10O6. The first-order chi connectivity index (χ1) is 29.7. The smallest absolute Gasteiger partial charge is 0.407 e. The average molecular weight is 851 g/mol. The van der Waals surface area contributed by atoms with Gasteiger partial charge in [-0.15, -0.1) is 0 Å². The number of rotatable bonds is 11. The summed E-state index contributed by atoms with van der Waals surface area (Å²) in [6.07, 6.45) is 4.27. The number of halogens is 1. The number of likely N-dealkylation sites (tertiary alicyclic amines) is 2. The van der Waals surface area contributed by atoms with Crippen molar-refractivity contribution in [1.29, 1.82) is 0 Å². The number of likely N-dealkylation sites (N-methyl/N-ethyl adjacent to an activating group) is 1. The molecule has 16 nitrogen and oxygen atoms in total. The number of fused-ring (bicyclic) bond motifs is 2. The van der Waals surface area contributed by atoms with Crippen molar-refractivity contribution in [2.75, 3.05) is 32.1 Å². The summed E-state index contributed by atoms with van der Waals surface area (Å²) in [7, 11) is 2.72. The molecule has 6 atom stereocenters. The topological polar surface area (TPSA) is 193 Å². The van der Waals surface area contributed by atoms with Gasteiger partial charge in [0.05, 0.1) is 53.3 Å². The Labute approximate surface area is 359 Å². The first-order valence-corrected chi connectivity index (χ1v) is 21.5. The van der Waals surface area contributed by atoms with Gasteiger partial charge in [-0.05, 0) is 91.8 Å². The van der Waals surface area contributed by atoms with E-state index in [-0.39, 0.29) is 47.8 Å². The molecule has 17 heteroatoms. The van der Waals surface area contributed by atoms with Gasteiger partial charge in [-0.1, -0.05) is 39.8 Å². The molecular weight excluding hydrogens is 796 g/mol. The molecule has 4 amide bonds. The zero-order chi connectivity index (χ0) is 44.0. The molecule has 3 aliphatic heterocycles. The van der Waals surface area contributed by atoms with Crippen LogP contribution in [0, 0.1) is 17.8 Å². The monoisotopic (exact) mass is 850 g/mol. The summed E-state index contributed by atoms with van der Waals surface area (Å²) < 4.78 is 19.6. The highest BCUT2D eigenvalue weighted by molar-refractivity contribution is 5.87. The van der Waals surface area contributed by atoms with E-state index in [1.165, 1.54) is 26.4 Å². The van der Waals surface area contributed by atoms with Crippen LogP contribution < -0.4 is 10.2 Å².